The zero-order valence-electron chi connectivity index (χ0n) is 25.9. The van der Waals surface area contributed by atoms with Crippen molar-refractivity contribution >= 4 is 21.3 Å². The molecule has 1 heterocycles. The molecule has 0 N–H and O–H groups in total. The lowest BCUT2D eigenvalue weighted by molar-refractivity contribution is 0.676. The number of amidine groups is 1. The summed E-state index contributed by atoms with van der Waals surface area (Å²) in [7, 11) is -2.92. The van der Waals surface area contributed by atoms with Crippen LogP contribution < -0.4 is 0 Å². The van der Waals surface area contributed by atoms with Gasteiger partial charge in [-0.3, -0.25) is 0 Å². The van der Waals surface area contributed by atoms with Gasteiger partial charge in [0.25, 0.3) is 0 Å². The Balaban J connectivity index is 1.16. The van der Waals surface area contributed by atoms with Crippen LogP contribution in [0.15, 0.2) is 189 Å². The highest BCUT2D eigenvalue weighted by Gasteiger charge is 2.51. The van der Waals surface area contributed by atoms with E-state index in [1.54, 1.807) is 0 Å². The number of benzene rings is 7. The lowest BCUT2D eigenvalue weighted by Crippen LogP contribution is -2.25. The molecular weight excluding hydrogens is 605 g/mol. The minimum Gasteiger partial charge on any atom is -0.239 e. The molecule has 0 radical (unpaired) electrons. The number of hydrogen-bond donors (Lipinski definition) is 0. The monoisotopic (exact) mass is 632 g/mol. The van der Waals surface area contributed by atoms with Gasteiger partial charge in [0, 0.05) is 5.56 Å². The van der Waals surface area contributed by atoms with E-state index in [4.69, 9.17) is 9.36 Å². The minimum atomic E-state index is -2.92. The first-order valence-electron chi connectivity index (χ1n) is 16.2. The highest BCUT2D eigenvalue weighted by atomic mass is 32.2. The van der Waals surface area contributed by atoms with Crippen molar-refractivity contribution in [3.8, 4) is 33.4 Å². The molecule has 7 aromatic rings. The van der Waals surface area contributed by atoms with Gasteiger partial charge in [0.1, 0.15) is 9.73 Å². The Morgan fingerprint density at radius 3 is 1.67 bits per heavy atom. The van der Waals surface area contributed by atoms with Crippen LogP contribution in [0.25, 0.3) is 33.4 Å². The fourth-order valence-electron chi connectivity index (χ4n) is 8.10. The van der Waals surface area contributed by atoms with Gasteiger partial charge in [-0.2, -0.15) is 4.36 Å². The van der Waals surface area contributed by atoms with Crippen molar-refractivity contribution in [3.05, 3.63) is 198 Å². The van der Waals surface area contributed by atoms with E-state index in [-0.39, 0.29) is 0 Å². The lowest BCUT2D eigenvalue weighted by Gasteiger charge is -2.30. The van der Waals surface area contributed by atoms with Crippen LogP contribution >= 0.6 is 0 Å². The van der Waals surface area contributed by atoms with Gasteiger partial charge in [-0.05, 0) is 92.0 Å². The minimum absolute atomic E-state index is 0.402. The van der Waals surface area contributed by atoms with Crippen molar-refractivity contribution in [1.29, 1.82) is 0 Å². The van der Waals surface area contributed by atoms with Crippen molar-refractivity contribution in [1.82, 2.24) is 0 Å². The Morgan fingerprint density at radius 1 is 0.438 bits per heavy atom. The van der Waals surface area contributed by atoms with Gasteiger partial charge in [-0.1, -0.05) is 133 Å². The zero-order chi connectivity index (χ0) is 31.9. The second-order valence-electron chi connectivity index (χ2n) is 12.6. The molecule has 1 spiro atoms. The topological polar surface area (TPSA) is 41.8 Å². The fourth-order valence-corrected chi connectivity index (χ4v) is 10.1. The van der Waals surface area contributed by atoms with Crippen molar-refractivity contribution in [2.45, 2.75) is 15.2 Å². The number of nitrogens with zero attached hydrogens (tertiary/aromatic N) is 2. The summed E-state index contributed by atoms with van der Waals surface area (Å²) in [4.78, 5) is 6.27. The van der Waals surface area contributed by atoms with Crippen LogP contribution in [0.2, 0.25) is 0 Å². The Labute approximate surface area is 280 Å². The van der Waals surface area contributed by atoms with Gasteiger partial charge in [0.15, 0.2) is 5.84 Å². The molecular formula is C44H28N2OS. The molecule has 0 amide bonds. The molecule has 0 saturated carbocycles. The molecule has 0 saturated heterocycles. The van der Waals surface area contributed by atoms with Crippen LogP contribution in [0.1, 0.15) is 27.8 Å². The molecule has 0 fully saturated rings. The molecule has 2 aliphatic carbocycles. The predicted octanol–water partition coefficient (Wildman–Crippen LogP) is 10.7. The lowest BCUT2D eigenvalue weighted by atomic mass is 9.70. The molecule has 10 rings (SSSR count). The highest BCUT2D eigenvalue weighted by Crippen LogP contribution is 2.63. The van der Waals surface area contributed by atoms with E-state index in [9.17, 15) is 4.21 Å². The summed E-state index contributed by atoms with van der Waals surface area (Å²) in [6.45, 7) is 0. The van der Waals surface area contributed by atoms with Crippen LogP contribution in [0.5, 0.6) is 0 Å². The second-order valence-corrected chi connectivity index (χ2v) is 14.7. The second kappa shape index (κ2) is 10.1. The van der Waals surface area contributed by atoms with Crippen LogP contribution in [0, 0.1) is 0 Å². The smallest absolute Gasteiger partial charge is 0.170 e. The summed E-state index contributed by atoms with van der Waals surface area (Å²) in [6, 6.07) is 59.0. The largest absolute Gasteiger partial charge is 0.239 e. The van der Waals surface area contributed by atoms with Crippen molar-refractivity contribution < 1.29 is 4.21 Å². The molecule has 0 aromatic heterocycles. The third-order valence-electron chi connectivity index (χ3n) is 10.1. The summed E-state index contributed by atoms with van der Waals surface area (Å²) in [5.74, 6) is 0.480. The number of fused-ring (bicyclic) bond motifs is 11. The van der Waals surface area contributed by atoms with E-state index in [0.29, 0.717) is 21.3 Å². The molecule has 1 aliphatic heterocycles. The van der Waals surface area contributed by atoms with Gasteiger partial charge < -0.3 is 0 Å². The van der Waals surface area contributed by atoms with E-state index in [1.165, 1.54) is 44.5 Å². The molecule has 7 aromatic carbocycles. The summed E-state index contributed by atoms with van der Waals surface area (Å²) < 4.78 is 19.6. The van der Waals surface area contributed by atoms with E-state index >= 15 is 0 Å². The van der Waals surface area contributed by atoms with Crippen molar-refractivity contribution in [3.63, 3.8) is 0 Å². The number of aliphatic imine (C=N–C) groups is 1. The molecule has 0 bridgehead atoms. The van der Waals surface area contributed by atoms with Crippen LogP contribution in [0.4, 0.5) is 5.69 Å². The molecule has 1 unspecified atom stereocenters. The molecule has 4 heteroatoms. The zero-order valence-corrected chi connectivity index (χ0v) is 26.7. The van der Waals surface area contributed by atoms with Gasteiger partial charge >= 0.3 is 0 Å². The third kappa shape index (κ3) is 3.64. The number of rotatable bonds is 3. The van der Waals surface area contributed by atoms with Gasteiger partial charge in [0.2, 0.25) is 0 Å². The average molecular weight is 633 g/mol. The Hall–Kier alpha value is -5.84. The van der Waals surface area contributed by atoms with Crippen LogP contribution in [0.3, 0.4) is 0 Å². The van der Waals surface area contributed by atoms with E-state index in [2.05, 4.69) is 103 Å². The predicted molar refractivity (Wildman–Crippen MR) is 194 cm³/mol. The maximum absolute atomic E-state index is 14.7. The fraction of sp³-hybridized carbons (Fsp3) is 0.0227. The van der Waals surface area contributed by atoms with Gasteiger partial charge in [0.05, 0.1) is 20.9 Å². The molecule has 226 valence electrons. The average Bonchev–Trinajstić information content (AvgIpc) is 3.62. The first-order valence-corrected chi connectivity index (χ1v) is 17.7. The third-order valence-corrected chi connectivity index (χ3v) is 12.4. The van der Waals surface area contributed by atoms with Crippen molar-refractivity contribution in [2.24, 2.45) is 9.36 Å². The SMILES string of the molecule is O=S1(c2ccccc2)=NC(c2cccc(-c3ccc4c(c3)C3(c5ccccc5-c5ccccc53)c3ccccc3-4)c2)=Nc2ccccc21. The molecule has 1 atom stereocenters. The standard InChI is InChI=1S/C44H28N2OS/c47-48(32-15-2-1-3-16-32)42-24-11-10-23-41(42)45-43(46-48)31-14-12-13-29(27-31)30-25-26-36-35-19-6-9-22-39(35)44(40(36)28-30)37-20-7-4-17-33(37)34-18-5-8-21-38(34)44/h1-28H. The Kier molecular flexibility index (Phi) is 5.73. The van der Waals surface area contributed by atoms with Crippen LogP contribution in [-0.4, -0.2) is 10.0 Å². The molecule has 3 aliphatic rings. The van der Waals surface area contributed by atoms with Crippen molar-refractivity contribution in [2.75, 3.05) is 0 Å². The Bertz CT molecular complexity index is 2560. The maximum atomic E-state index is 14.7. The molecule has 48 heavy (non-hydrogen) atoms. The quantitative estimate of drug-likeness (QED) is 0.191. The van der Waals surface area contributed by atoms with Crippen LogP contribution in [-0.2, 0) is 15.1 Å². The normalized spacial score (nSPS) is 17.4. The van der Waals surface area contributed by atoms with E-state index in [0.717, 1.165) is 16.7 Å². The summed E-state index contributed by atoms with van der Waals surface area (Å²) in [5.41, 5.74) is 13.7. The van der Waals surface area contributed by atoms with E-state index in [1.807, 2.05) is 66.7 Å². The first-order chi connectivity index (χ1) is 23.7. The highest BCUT2D eigenvalue weighted by molar-refractivity contribution is 7.94. The summed E-state index contributed by atoms with van der Waals surface area (Å²) in [5, 5.41) is 0. The number of para-hydroxylation sites is 1. The molecule has 3 nitrogen and oxygen atoms in total. The first kappa shape index (κ1) is 27.3. The Morgan fingerprint density at radius 2 is 0.979 bits per heavy atom. The van der Waals surface area contributed by atoms with Gasteiger partial charge in [-0.15, -0.1) is 0 Å². The van der Waals surface area contributed by atoms with E-state index < -0.39 is 15.1 Å². The number of hydrogen-bond acceptors (Lipinski definition) is 3. The summed E-state index contributed by atoms with van der Waals surface area (Å²) in [6.07, 6.45) is 0. The summed E-state index contributed by atoms with van der Waals surface area (Å²) >= 11 is 0. The van der Waals surface area contributed by atoms with Gasteiger partial charge in [-0.25, -0.2) is 9.20 Å². The maximum Gasteiger partial charge on any atom is 0.170 e.